The average Bonchev–Trinajstić information content (AvgIpc) is 3.04. The molecule has 1 aliphatic rings. The van der Waals surface area contributed by atoms with Crippen molar-refractivity contribution in [1.82, 2.24) is 0 Å². The maximum atomic E-state index is 10.1. The van der Waals surface area contributed by atoms with Crippen LogP contribution >= 0.6 is 27.3 Å². The van der Waals surface area contributed by atoms with Gasteiger partial charge in [0.05, 0.1) is 6.10 Å². The fourth-order valence-electron chi connectivity index (χ4n) is 1.85. The largest absolute Gasteiger partial charge is 0.387 e. The van der Waals surface area contributed by atoms with Crippen molar-refractivity contribution in [2.24, 2.45) is 5.92 Å². The SMILES string of the molecule is OC(c1sc2ccccc2c1Br)C1CC1. The first-order valence-electron chi connectivity index (χ1n) is 5.12. The van der Waals surface area contributed by atoms with Crippen LogP contribution in [0.25, 0.3) is 10.1 Å². The zero-order chi connectivity index (χ0) is 10.4. The van der Waals surface area contributed by atoms with E-state index in [2.05, 4.69) is 28.1 Å². The lowest BCUT2D eigenvalue weighted by molar-refractivity contribution is 0.157. The van der Waals surface area contributed by atoms with Gasteiger partial charge in [0, 0.05) is 19.4 Å². The number of thiophene rings is 1. The first-order chi connectivity index (χ1) is 7.27. The van der Waals surface area contributed by atoms with Crippen molar-refractivity contribution in [2.45, 2.75) is 18.9 Å². The van der Waals surface area contributed by atoms with Crippen LogP contribution in [0.4, 0.5) is 0 Å². The van der Waals surface area contributed by atoms with Crippen molar-refractivity contribution in [3.8, 4) is 0 Å². The fraction of sp³-hybridized carbons (Fsp3) is 0.333. The normalized spacial score (nSPS) is 18.3. The summed E-state index contributed by atoms with van der Waals surface area (Å²) in [4.78, 5) is 1.10. The van der Waals surface area contributed by atoms with Gasteiger partial charge in [0.25, 0.3) is 0 Å². The fourth-order valence-corrected chi connectivity index (χ4v) is 3.98. The molecule has 2 aromatic rings. The Balaban J connectivity index is 2.14. The molecule has 0 aliphatic heterocycles. The second kappa shape index (κ2) is 3.58. The zero-order valence-corrected chi connectivity index (χ0v) is 10.5. The smallest absolute Gasteiger partial charge is 0.0921 e. The van der Waals surface area contributed by atoms with Gasteiger partial charge in [-0.15, -0.1) is 11.3 Å². The molecule has 1 fully saturated rings. The van der Waals surface area contributed by atoms with Gasteiger partial charge in [-0.3, -0.25) is 0 Å². The van der Waals surface area contributed by atoms with Crippen LogP contribution in [0.2, 0.25) is 0 Å². The van der Waals surface area contributed by atoms with Crippen molar-refractivity contribution in [3.05, 3.63) is 33.6 Å². The summed E-state index contributed by atoms with van der Waals surface area (Å²) >= 11 is 5.30. The molecule has 1 heterocycles. The van der Waals surface area contributed by atoms with Crippen molar-refractivity contribution in [2.75, 3.05) is 0 Å². The van der Waals surface area contributed by atoms with Gasteiger partial charge in [0.15, 0.2) is 0 Å². The second-order valence-electron chi connectivity index (χ2n) is 4.06. The van der Waals surface area contributed by atoms with Gasteiger partial charge in [-0.05, 0) is 40.8 Å². The van der Waals surface area contributed by atoms with E-state index >= 15 is 0 Å². The van der Waals surface area contributed by atoms with Crippen molar-refractivity contribution < 1.29 is 5.11 Å². The van der Waals surface area contributed by atoms with Crippen LogP contribution in [0.1, 0.15) is 23.8 Å². The average molecular weight is 283 g/mol. The van der Waals surface area contributed by atoms with Gasteiger partial charge in [0.1, 0.15) is 0 Å². The van der Waals surface area contributed by atoms with Gasteiger partial charge in [0.2, 0.25) is 0 Å². The number of aliphatic hydroxyl groups is 1. The van der Waals surface area contributed by atoms with Crippen LogP contribution < -0.4 is 0 Å². The van der Waals surface area contributed by atoms with Gasteiger partial charge in [-0.25, -0.2) is 0 Å². The molecule has 78 valence electrons. The molecule has 1 nitrogen and oxygen atoms in total. The van der Waals surface area contributed by atoms with Crippen LogP contribution in [0.5, 0.6) is 0 Å². The highest BCUT2D eigenvalue weighted by Crippen LogP contribution is 2.47. The Morgan fingerprint density at radius 1 is 1.33 bits per heavy atom. The van der Waals surface area contributed by atoms with Crippen LogP contribution in [-0.2, 0) is 0 Å². The molecule has 1 aromatic carbocycles. The van der Waals surface area contributed by atoms with Crippen LogP contribution in [0, 0.1) is 5.92 Å². The van der Waals surface area contributed by atoms with E-state index in [0.717, 1.165) is 9.35 Å². The van der Waals surface area contributed by atoms with E-state index in [1.807, 2.05) is 12.1 Å². The monoisotopic (exact) mass is 282 g/mol. The predicted octanol–water partition coefficient (Wildman–Crippen LogP) is 4.11. The summed E-state index contributed by atoms with van der Waals surface area (Å²) in [6.07, 6.45) is 2.07. The Morgan fingerprint density at radius 2 is 2.07 bits per heavy atom. The lowest BCUT2D eigenvalue weighted by Gasteiger charge is -2.06. The van der Waals surface area contributed by atoms with E-state index in [1.54, 1.807) is 11.3 Å². The molecular formula is C12H11BrOS. The molecule has 1 aromatic heterocycles. The summed E-state index contributed by atoms with van der Waals surface area (Å²) in [6.45, 7) is 0. The molecule has 1 atom stereocenters. The summed E-state index contributed by atoms with van der Waals surface area (Å²) in [6, 6.07) is 8.28. The van der Waals surface area contributed by atoms with E-state index in [4.69, 9.17) is 0 Å². The predicted molar refractivity (Wildman–Crippen MR) is 67.2 cm³/mol. The Bertz CT molecular complexity index is 501. The molecule has 1 unspecified atom stereocenters. The Morgan fingerprint density at radius 3 is 2.73 bits per heavy atom. The standard InChI is InChI=1S/C12H11BrOS/c13-10-8-3-1-2-4-9(8)15-12(10)11(14)7-5-6-7/h1-4,7,11,14H,5-6H2. The lowest BCUT2D eigenvalue weighted by atomic mass is 10.2. The minimum Gasteiger partial charge on any atom is -0.387 e. The molecule has 0 spiro atoms. The summed E-state index contributed by atoms with van der Waals surface area (Å²) < 4.78 is 2.33. The van der Waals surface area contributed by atoms with Gasteiger partial charge in [-0.2, -0.15) is 0 Å². The molecule has 0 bridgehead atoms. The Hall–Kier alpha value is -0.380. The molecule has 0 radical (unpaired) electrons. The van der Waals surface area contributed by atoms with Crippen LogP contribution in [0.15, 0.2) is 28.7 Å². The highest BCUT2D eigenvalue weighted by Gasteiger charge is 2.33. The third kappa shape index (κ3) is 1.63. The maximum absolute atomic E-state index is 10.1. The van der Waals surface area contributed by atoms with Crippen molar-refractivity contribution >= 4 is 37.4 Å². The minimum absolute atomic E-state index is 0.267. The topological polar surface area (TPSA) is 20.2 Å². The van der Waals surface area contributed by atoms with E-state index in [0.29, 0.717) is 5.92 Å². The van der Waals surface area contributed by atoms with Crippen molar-refractivity contribution in [3.63, 3.8) is 0 Å². The molecule has 1 N–H and O–H groups in total. The van der Waals surface area contributed by atoms with Gasteiger partial charge >= 0.3 is 0 Å². The molecular weight excluding hydrogens is 272 g/mol. The second-order valence-corrected chi connectivity index (χ2v) is 5.94. The van der Waals surface area contributed by atoms with E-state index in [-0.39, 0.29) is 6.10 Å². The number of aliphatic hydroxyl groups excluding tert-OH is 1. The molecule has 0 amide bonds. The third-order valence-corrected chi connectivity index (χ3v) is 5.26. The first kappa shape index (κ1) is 9.82. The molecule has 1 aliphatic carbocycles. The number of rotatable bonds is 2. The summed E-state index contributed by atoms with van der Waals surface area (Å²) in [5, 5.41) is 11.3. The lowest BCUT2D eigenvalue weighted by Crippen LogP contribution is -1.96. The number of hydrogen-bond acceptors (Lipinski definition) is 2. The summed E-state index contributed by atoms with van der Waals surface area (Å²) in [5.74, 6) is 0.495. The maximum Gasteiger partial charge on any atom is 0.0921 e. The number of benzene rings is 1. The Labute approximate surface area is 101 Å². The number of hydrogen-bond donors (Lipinski definition) is 1. The molecule has 0 saturated heterocycles. The van der Waals surface area contributed by atoms with E-state index < -0.39 is 0 Å². The minimum atomic E-state index is -0.267. The van der Waals surface area contributed by atoms with E-state index in [1.165, 1.54) is 22.9 Å². The molecule has 3 heteroatoms. The highest BCUT2D eigenvalue weighted by atomic mass is 79.9. The number of halogens is 1. The van der Waals surface area contributed by atoms with Crippen molar-refractivity contribution in [1.29, 1.82) is 0 Å². The summed E-state index contributed by atoms with van der Waals surface area (Å²) in [7, 11) is 0. The van der Waals surface area contributed by atoms with Crippen LogP contribution in [0.3, 0.4) is 0 Å². The van der Waals surface area contributed by atoms with Crippen LogP contribution in [-0.4, -0.2) is 5.11 Å². The first-order valence-corrected chi connectivity index (χ1v) is 6.73. The third-order valence-electron chi connectivity index (χ3n) is 2.90. The number of fused-ring (bicyclic) bond motifs is 1. The molecule has 1 saturated carbocycles. The molecule has 3 rings (SSSR count). The zero-order valence-electron chi connectivity index (χ0n) is 8.11. The summed E-state index contributed by atoms with van der Waals surface area (Å²) in [5.41, 5.74) is 0. The highest BCUT2D eigenvalue weighted by molar-refractivity contribution is 9.10. The van der Waals surface area contributed by atoms with E-state index in [9.17, 15) is 5.11 Å². The Kier molecular flexibility index (Phi) is 2.34. The van der Waals surface area contributed by atoms with Gasteiger partial charge in [-0.1, -0.05) is 18.2 Å². The van der Waals surface area contributed by atoms with Gasteiger partial charge < -0.3 is 5.11 Å². The quantitative estimate of drug-likeness (QED) is 0.879. The molecule has 15 heavy (non-hydrogen) atoms.